The average molecular weight is 155 g/mol. The molecule has 54 valence electrons. The van der Waals surface area contributed by atoms with Gasteiger partial charge in [0.25, 0.3) is 0 Å². The molecule has 0 atom stereocenters. The SMILES string of the molecule is c1nsc(NC2CCC2)n1. The van der Waals surface area contributed by atoms with Crippen LogP contribution in [0.5, 0.6) is 0 Å². The lowest BCUT2D eigenvalue weighted by Crippen LogP contribution is -2.26. The predicted octanol–water partition coefficient (Wildman–Crippen LogP) is 1.50. The quantitative estimate of drug-likeness (QED) is 0.703. The number of aromatic nitrogens is 2. The van der Waals surface area contributed by atoms with Crippen LogP contribution in [-0.2, 0) is 0 Å². The van der Waals surface area contributed by atoms with Crippen molar-refractivity contribution in [3.63, 3.8) is 0 Å². The van der Waals surface area contributed by atoms with Gasteiger partial charge in [0, 0.05) is 17.6 Å². The van der Waals surface area contributed by atoms with Crippen LogP contribution in [0.15, 0.2) is 6.33 Å². The van der Waals surface area contributed by atoms with Crippen LogP contribution in [0.3, 0.4) is 0 Å². The van der Waals surface area contributed by atoms with Crippen LogP contribution >= 0.6 is 11.5 Å². The van der Waals surface area contributed by atoms with Crippen LogP contribution in [-0.4, -0.2) is 15.4 Å². The lowest BCUT2D eigenvalue weighted by atomic mass is 9.93. The number of anilines is 1. The van der Waals surface area contributed by atoms with Crippen molar-refractivity contribution in [2.45, 2.75) is 25.3 Å². The summed E-state index contributed by atoms with van der Waals surface area (Å²) in [7, 11) is 0. The normalized spacial score (nSPS) is 18.4. The molecule has 0 spiro atoms. The third kappa shape index (κ3) is 1.11. The third-order valence-corrected chi connectivity index (χ3v) is 2.39. The number of hydrogen-bond donors (Lipinski definition) is 1. The minimum atomic E-state index is 0.674. The van der Waals surface area contributed by atoms with E-state index in [2.05, 4.69) is 14.7 Å². The third-order valence-electron chi connectivity index (χ3n) is 1.79. The van der Waals surface area contributed by atoms with Gasteiger partial charge in [0.2, 0.25) is 5.13 Å². The largest absolute Gasteiger partial charge is 0.358 e. The Bertz CT molecular complexity index is 193. The zero-order valence-electron chi connectivity index (χ0n) is 5.58. The zero-order valence-corrected chi connectivity index (χ0v) is 6.40. The second kappa shape index (κ2) is 2.54. The number of nitrogens with one attached hydrogen (secondary N) is 1. The molecular formula is C6H9N3S. The van der Waals surface area contributed by atoms with Gasteiger partial charge < -0.3 is 5.32 Å². The number of rotatable bonds is 2. The molecule has 1 aliphatic carbocycles. The molecule has 0 radical (unpaired) electrons. The molecule has 0 aliphatic heterocycles. The fraction of sp³-hybridized carbons (Fsp3) is 0.667. The minimum absolute atomic E-state index is 0.674. The summed E-state index contributed by atoms with van der Waals surface area (Å²) in [6.07, 6.45) is 5.53. The molecule has 1 aromatic heterocycles. The van der Waals surface area contributed by atoms with E-state index in [0.29, 0.717) is 6.04 Å². The highest BCUT2D eigenvalue weighted by molar-refractivity contribution is 7.09. The van der Waals surface area contributed by atoms with Crippen molar-refractivity contribution in [3.05, 3.63) is 6.33 Å². The van der Waals surface area contributed by atoms with Crippen LogP contribution < -0.4 is 5.32 Å². The molecular weight excluding hydrogens is 146 g/mol. The van der Waals surface area contributed by atoms with Crippen LogP contribution in [0.1, 0.15) is 19.3 Å². The van der Waals surface area contributed by atoms with E-state index in [1.54, 1.807) is 6.33 Å². The first-order valence-electron chi connectivity index (χ1n) is 3.48. The summed E-state index contributed by atoms with van der Waals surface area (Å²) in [6.45, 7) is 0. The average Bonchev–Trinajstić information content (AvgIpc) is 2.29. The van der Waals surface area contributed by atoms with Gasteiger partial charge in [0.05, 0.1) is 0 Å². The first-order chi connectivity index (χ1) is 4.95. The van der Waals surface area contributed by atoms with E-state index >= 15 is 0 Å². The number of hydrogen-bond acceptors (Lipinski definition) is 4. The smallest absolute Gasteiger partial charge is 0.202 e. The molecule has 1 N–H and O–H groups in total. The monoisotopic (exact) mass is 155 g/mol. The summed E-state index contributed by atoms with van der Waals surface area (Å²) >= 11 is 1.43. The van der Waals surface area contributed by atoms with Crippen molar-refractivity contribution in [1.29, 1.82) is 0 Å². The maximum Gasteiger partial charge on any atom is 0.202 e. The van der Waals surface area contributed by atoms with Gasteiger partial charge in [-0.3, -0.25) is 0 Å². The fourth-order valence-electron chi connectivity index (χ4n) is 0.964. The Morgan fingerprint density at radius 3 is 3.00 bits per heavy atom. The molecule has 0 saturated heterocycles. The van der Waals surface area contributed by atoms with E-state index in [4.69, 9.17) is 0 Å². The highest BCUT2D eigenvalue weighted by Crippen LogP contribution is 2.22. The van der Waals surface area contributed by atoms with Crippen LogP contribution in [0.25, 0.3) is 0 Å². The van der Waals surface area contributed by atoms with Gasteiger partial charge in [-0.2, -0.15) is 4.37 Å². The summed E-state index contributed by atoms with van der Waals surface area (Å²) in [5, 5.41) is 4.27. The molecule has 0 unspecified atom stereocenters. The van der Waals surface area contributed by atoms with E-state index in [0.717, 1.165) is 5.13 Å². The molecule has 1 fully saturated rings. The van der Waals surface area contributed by atoms with Gasteiger partial charge >= 0.3 is 0 Å². The molecule has 1 heterocycles. The summed E-state index contributed by atoms with van der Waals surface area (Å²) in [5.74, 6) is 0. The van der Waals surface area contributed by atoms with Crippen molar-refractivity contribution in [3.8, 4) is 0 Å². The second-order valence-corrected chi connectivity index (χ2v) is 3.30. The highest BCUT2D eigenvalue weighted by Gasteiger charge is 2.17. The standard InChI is InChI=1S/C6H9N3S/c1-2-5(3-1)9-6-7-4-8-10-6/h4-5H,1-3H2,(H,7,8,9). The Morgan fingerprint density at radius 2 is 2.50 bits per heavy atom. The molecule has 1 saturated carbocycles. The molecule has 0 aromatic carbocycles. The Balaban J connectivity index is 1.90. The van der Waals surface area contributed by atoms with Crippen LogP contribution in [0.4, 0.5) is 5.13 Å². The van der Waals surface area contributed by atoms with Crippen molar-refractivity contribution in [2.75, 3.05) is 5.32 Å². The topological polar surface area (TPSA) is 37.8 Å². The van der Waals surface area contributed by atoms with Gasteiger partial charge in [0.15, 0.2) is 0 Å². The summed E-state index contributed by atoms with van der Waals surface area (Å²) in [5.41, 5.74) is 0. The van der Waals surface area contributed by atoms with Crippen LogP contribution in [0, 0.1) is 0 Å². The van der Waals surface area contributed by atoms with Crippen LogP contribution in [0.2, 0.25) is 0 Å². The zero-order chi connectivity index (χ0) is 6.81. The van der Waals surface area contributed by atoms with Crippen molar-refractivity contribution >= 4 is 16.7 Å². The molecule has 0 amide bonds. The second-order valence-electron chi connectivity index (χ2n) is 2.52. The molecule has 1 aromatic rings. The first-order valence-corrected chi connectivity index (χ1v) is 4.26. The van der Waals surface area contributed by atoms with Crippen molar-refractivity contribution in [1.82, 2.24) is 9.36 Å². The molecule has 1 aliphatic rings. The number of nitrogens with zero attached hydrogens (tertiary/aromatic N) is 2. The Morgan fingerprint density at radius 1 is 1.60 bits per heavy atom. The van der Waals surface area contributed by atoms with Gasteiger partial charge in [-0.1, -0.05) is 0 Å². The maximum atomic E-state index is 4.03. The van der Waals surface area contributed by atoms with Gasteiger partial charge in [-0.05, 0) is 19.3 Å². The van der Waals surface area contributed by atoms with E-state index in [-0.39, 0.29) is 0 Å². The molecule has 0 bridgehead atoms. The first kappa shape index (κ1) is 6.09. The predicted molar refractivity (Wildman–Crippen MR) is 41.2 cm³/mol. The summed E-state index contributed by atoms with van der Waals surface area (Å²) in [4.78, 5) is 4.03. The lowest BCUT2D eigenvalue weighted by molar-refractivity contribution is 0.445. The van der Waals surface area contributed by atoms with Gasteiger partial charge in [-0.15, -0.1) is 0 Å². The van der Waals surface area contributed by atoms with E-state index < -0.39 is 0 Å². The Hall–Kier alpha value is -0.640. The highest BCUT2D eigenvalue weighted by atomic mass is 32.1. The summed E-state index contributed by atoms with van der Waals surface area (Å²) in [6, 6.07) is 0.674. The van der Waals surface area contributed by atoms with E-state index in [1.165, 1.54) is 30.8 Å². The van der Waals surface area contributed by atoms with Gasteiger partial charge in [-0.25, -0.2) is 4.98 Å². The Labute approximate surface area is 63.7 Å². The van der Waals surface area contributed by atoms with E-state index in [1.807, 2.05) is 0 Å². The molecule has 2 rings (SSSR count). The molecule has 3 nitrogen and oxygen atoms in total. The van der Waals surface area contributed by atoms with Gasteiger partial charge in [0.1, 0.15) is 6.33 Å². The lowest BCUT2D eigenvalue weighted by Gasteiger charge is -2.25. The van der Waals surface area contributed by atoms with E-state index in [9.17, 15) is 0 Å². The fourth-order valence-corrected chi connectivity index (χ4v) is 1.47. The summed E-state index contributed by atoms with van der Waals surface area (Å²) < 4.78 is 3.90. The molecule has 4 heteroatoms. The maximum absolute atomic E-state index is 4.03. The molecule has 10 heavy (non-hydrogen) atoms. The van der Waals surface area contributed by atoms with Crippen molar-refractivity contribution < 1.29 is 0 Å². The minimum Gasteiger partial charge on any atom is -0.358 e. The van der Waals surface area contributed by atoms with Crippen molar-refractivity contribution in [2.24, 2.45) is 0 Å². The Kier molecular flexibility index (Phi) is 1.55.